The van der Waals surface area contributed by atoms with Gasteiger partial charge in [0.2, 0.25) is 0 Å². The second-order valence-corrected chi connectivity index (χ2v) is 4.85. The maximum atomic E-state index is 5.78. The van der Waals surface area contributed by atoms with Crippen LogP contribution in [-0.2, 0) is 6.42 Å². The van der Waals surface area contributed by atoms with Crippen LogP contribution in [0.15, 0.2) is 42.5 Å². The molecule has 3 nitrogen and oxygen atoms in total. The number of aryl methyl sites for hydroxylation is 1. The smallest absolute Gasteiger partial charge is 0.120 e. The van der Waals surface area contributed by atoms with E-state index in [1.54, 1.807) is 7.11 Å². The molecule has 0 bridgehead atoms. The minimum Gasteiger partial charge on any atom is -0.497 e. The lowest BCUT2D eigenvalue weighted by molar-refractivity contribution is 0.415. The van der Waals surface area contributed by atoms with Crippen molar-refractivity contribution in [1.29, 1.82) is 0 Å². The predicted octanol–water partition coefficient (Wildman–Crippen LogP) is 3.64. The van der Waals surface area contributed by atoms with Crippen molar-refractivity contribution in [3.8, 4) is 5.75 Å². The van der Waals surface area contributed by atoms with Gasteiger partial charge in [-0.2, -0.15) is 0 Å². The zero-order valence-corrected chi connectivity index (χ0v) is 12.5. The molecule has 0 spiro atoms. The highest BCUT2D eigenvalue weighted by Crippen LogP contribution is 2.27. The molecule has 20 heavy (non-hydrogen) atoms. The highest BCUT2D eigenvalue weighted by molar-refractivity contribution is 7.80. The maximum Gasteiger partial charge on any atom is 0.120 e. The molecule has 2 aromatic carbocycles. The van der Waals surface area contributed by atoms with Crippen LogP contribution in [0.5, 0.6) is 5.75 Å². The number of hydrogen-bond donors (Lipinski definition) is 2. The topological polar surface area (TPSA) is 47.3 Å². The SMILES string of the molecule is CCc1ccccc1Nc1cc(OC)ccc1C(N)=S. The first-order valence-electron chi connectivity index (χ1n) is 6.48. The zero-order chi connectivity index (χ0) is 14.5. The van der Waals surface area contributed by atoms with Crippen molar-refractivity contribution in [3.05, 3.63) is 53.6 Å². The van der Waals surface area contributed by atoms with Crippen LogP contribution >= 0.6 is 12.2 Å². The molecule has 0 unspecified atom stereocenters. The standard InChI is InChI=1S/C16H18N2OS/c1-3-11-6-4-5-7-14(11)18-15-10-12(19-2)8-9-13(15)16(17)20/h4-10,18H,3H2,1-2H3,(H2,17,20). The van der Waals surface area contributed by atoms with Gasteiger partial charge in [0.1, 0.15) is 10.7 Å². The molecule has 0 heterocycles. The number of benzene rings is 2. The molecule has 2 rings (SSSR count). The maximum absolute atomic E-state index is 5.78. The molecule has 3 N–H and O–H groups in total. The molecule has 0 fully saturated rings. The second kappa shape index (κ2) is 6.39. The summed E-state index contributed by atoms with van der Waals surface area (Å²) in [6.07, 6.45) is 0.954. The van der Waals surface area contributed by atoms with Crippen molar-refractivity contribution in [2.75, 3.05) is 12.4 Å². The molecule has 0 aliphatic heterocycles. The van der Waals surface area contributed by atoms with E-state index in [2.05, 4.69) is 18.3 Å². The summed E-state index contributed by atoms with van der Waals surface area (Å²) in [6.45, 7) is 2.13. The van der Waals surface area contributed by atoms with Gasteiger partial charge in [0, 0.05) is 17.3 Å². The summed E-state index contributed by atoms with van der Waals surface area (Å²) in [6, 6.07) is 13.8. The predicted molar refractivity (Wildman–Crippen MR) is 88.0 cm³/mol. The minimum atomic E-state index is 0.365. The van der Waals surface area contributed by atoms with Gasteiger partial charge in [0.25, 0.3) is 0 Å². The molecular weight excluding hydrogens is 268 g/mol. The lowest BCUT2D eigenvalue weighted by Gasteiger charge is -2.15. The van der Waals surface area contributed by atoms with Crippen molar-refractivity contribution >= 4 is 28.6 Å². The average Bonchev–Trinajstić information content (AvgIpc) is 2.47. The summed E-state index contributed by atoms with van der Waals surface area (Å²) < 4.78 is 5.26. The molecule has 0 aliphatic carbocycles. The first kappa shape index (κ1) is 14.3. The summed E-state index contributed by atoms with van der Waals surface area (Å²) in [5.74, 6) is 0.765. The number of anilines is 2. The van der Waals surface area contributed by atoms with E-state index < -0.39 is 0 Å². The Morgan fingerprint density at radius 1 is 1.20 bits per heavy atom. The highest BCUT2D eigenvalue weighted by atomic mass is 32.1. The molecule has 0 aliphatic rings. The third-order valence-electron chi connectivity index (χ3n) is 3.16. The van der Waals surface area contributed by atoms with Crippen LogP contribution in [0.4, 0.5) is 11.4 Å². The van der Waals surface area contributed by atoms with Crippen LogP contribution in [0.1, 0.15) is 18.1 Å². The second-order valence-electron chi connectivity index (χ2n) is 4.41. The van der Waals surface area contributed by atoms with Gasteiger partial charge < -0.3 is 15.8 Å². The van der Waals surface area contributed by atoms with E-state index in [4.69, 9.17) is 22.7 Å². The zero-order valence-electron chi connectivity index (χ0n) is 11.6. The summed E-state index contributed by atoms with van der Waals surface area (Å²) in [5.41, 5.74) is 9.75. The summed E-state index contributed by atoms with van der Waals surface area (Å²) in [5, 5.41) is 3.40. The molecule has 2 aromatic rings. The van der Waals surface area contributed by atoms with E-state index >= 15 is 0 Å². The highest BCUT2D eigenvalue weighted by Gasteiger charge is 2.09. The van der Waals surface area contributed by atoms with Crippen LogP contribution in [0, 0.1) is 0 Å². The number of nitrogens with two attached hydrogens (primary N) is 1. The number of ether oxygens (including phenoxy) is 1. The molecule has 0 saturated heterocycles. The Morgan fingerprint density at radius 3 is 2.60 bits per heavy atom. The summed E-state index contributed by atoms with van der Waals surface area (Å²) in [7, 11) is 1.64. The van der Waals surface area contributed by atoms with Crippen molar-refractivity contribution in [2.45, 2.75) is 13.3 Å². The molecule has 104 valence electrons. The number of para-hydroxylation sites is 1. The van der Waals surface area contributed by atoms with E-state index in [0.29, 0.717) is 4.99 Å². The Balaban J connectivity index is 2.43. The first-order valence-corrected chi connectivity index (χ1v) is 6.89. The first-order chi connectivity index (χ1) is 9.65. The third-order valence-corrected chi connectivity index (χ3v) is 3.38. The molecule has 0 saturated carbocycles. The van der Waals surface area contributed by atoms with E-state index in [1.807, 2.05) is 36.4 Å². The van der Waals surface area contributed by atoms with Crippen molar-refractivity contribution in [1.82, 2.24) is 0 Å². The van der Waals surface area contributed by atoms with E-state index in [1.165, 1.54) is 5.56 Å². The Hall–Kier alpha value is -2.07. The van der Waals surface area contributed by atoms with Crippen LogP contribution in [0.2, 0.25) is 0 Å². The van der Waals surface area contributed by atoms with Gasteiger partial charge in [-0.1, -0.05) is 37.3 Å². The quantitative estimate of drug-likeness (QED) is 0.824. The van der Waals surface area contributed by atoms with Gasteiger partial charge in [-0.05, 0) is 30.2 Å². The lowest BCUT2D eigenvalue weighted by atomic mass is 10.1. The number of hydrogen-bond acceptors (Lipinski definition) is 3. The fourth-order valence-corrected chi connectivity index (χ4v) is 2.24. The number of methoxy groups -OCH3 is 1. The average molecular weight is 286 g/mol. The van der Waals surface area contributed by atoms with Gasteiger partial charge in [-0.3, -0.25) is 0 Å². The van der Waals surface area contributed by atoms with Gasteiger partial charge in [-0.15, -0.1) is 0 Å². The number of rotatable bonds is 5. The molecule has 0 amide bonds. The van der Waals surface area contributed by atoms with Crippen LogP contribution in [0.25, 0.3) is 0 Å². The van der Waals surface area contributed by atoms with Crippen molar-refractivity contribution < 1.29 is 4.74 Å². The number of thiocarbonyl (C=S) groups is 1. The summed E-state index contributed by atoms with van der Waals surface area (Å²) in [4.78, 5) is 0.365. The Kier molecular flexibility index (Phi) is 4.58. The number of nitrogens with one attached hydrogen (secondary N) is 1. The molecular formula is C16H18N2OS. The van der Waals surface area contributed by atoms with Crippen molar-refractivity contribution in [3.63, 3.8) is 0 Å². The van der Waals surface area contributed by atoms with Gasteiger partial charge in [0.05, 0.1) is 12.8 Å². The molecule has 0 aromatic heterocycles. The van der Waals surface area contributed by atoms with E-state index in [9.17, 15) is 0 Å². The molecule has 0 atom stereocenters. The van der Waals surface area contributed by atoms with E-state index in [0.717, 1.165) is 29.1 Å². The molecule has 4 heteroatoms. The Labute approximate surface area is 124 Å². The van der Waals surface area contributed by atoms with E-state index in [-0.39, 0.29) is 0 Å². The normalized spacial score (nSPS) is 10.1. The Bertz CT molecular complexity index is 626. The van der Waals surface area contributed by atoms with Crippen LogP contribution in [0.3, 0.4) is 0 Å². The third kappa shape index (κ3) is 3.08. The van der Waals surface area contributed by atoms with Crippen LogP contribution < -0.4 is 15.8 Å². The van der Waals surface area contributed by atoms with Crippen LogP contribution in [-0.4, -0.2) is 12.1 Å². The lowest BCUT2D eigenvalue weighted by Crippen LogP contribution is -2.12. The fraction of sp³-hybridized carbons (Fsp3) is 0.188. The summed E-state index contributed by atoms with van der Waals surface area (Å²) >= 11 is 5.10. The monoisotopic (exact) mass is 286 g/mol. The van der Waals surface area contributed by atoms with Gasteiger partial charge >= 0.3 is 0 Å². The van der Waals surface area contributed by atoms with Crippen molar-refractivity contribution in [2.24, 2.45) is 5.73 Å². The van der Waals surface area contributed by atoms with Gasteiger partial charge in [0.15, 0.2) is 0 Å². The largest absolute Gasteiger partial charge is 0.497 e. The Morgan fingerprint density at radius 2 is 1.95 bits per heavy atom. The minimum absolute atomic E-state index is 0.365. The fourth-order valence-electron chi connectivity index (χ4n) is 2.06. The molecule has 0 radical (unpaired) electrons. The van der Waals surface area contributed by atoms with Gasteiger partial charge in [-0.25, -0.2) is 0 Å².